The minimum Gasteiger partial charge on any atom is -0.376 e. The zero-order valence-electron chi connectivity index (χ0n) is 20.3. The smallest absolute Gasteiger partial charge is 0.321 e. The fraction of sp³-hybridized carbons (Fsp3) is 0.259. The van der Waals surface area contributed by atoms with Crippen molar-refractivity contribution in [1.29, 1.82) is 0 Å². The standard InChI is InChI=1S/C27H23F5N6/c1-36-22-14-18(9-10-19(22)24(35-36)16-5-4-6-17(28)13-16)33-23-11-12-37(15-27(23,31)32)26-34-20-7-2-3-8-21(20)38(26)25(29)30/h2-10,13-14,23,25,33H,11-12,15H2,1H3. The molecule has 0 radical (unpaired) electrons. The van der Waals surface area contributed by atoms with Gasteiger partial charge in [0, 0.05) is 30.2 Å². The first-order chi connectivity index (χ1) is 18.2. The number of aryl methyl sites for hydroxylation is 1. The van der Waals surface area contributed by atoms with E-state index in [1.54, 1.807) is 60.3 Å². The highest BCUT2D eigenvalue weighted by Crippen LogP contribution is 2.36. The van der Waals surface area contributed by atoms with Gasteiger partial charge in [0.15, 0.2) is 0 Å². The second-order valence-corrected chi connectivity index (χ2v) is 9.43. The summed E-state index contributed by atoms with van der Waals surface area (Å²) in [5.41, 5.74) is 2.90. The Morgan fingerprint density at radius 1 is 1.00 bits per heavy atom. The van der Waals surface area contributed by atoms with Crippen molar-refractivity contribution in [1.82, 2.24) is 19.3 Å². The van der Waals surface area contributed by atoms with Crippen molar-refractivity contribution in [2.24, 2.45) is 7.05 Å². The van der Waals surface area contributed by atoms with E-state index in [0.717, 1.165) is 5.39 Å². The van der Waals surface area contributed by atoms with Crippen LogP contribution in [-0.4, -0.2) is 44.4 Å². The van der Waals surface area contributed by atoms with E-state index < -0.39 is 25.1 Å². The Morgan fingerprint density at radius 3 is 2.58 bits per heavy atom. The first-order valence-electron chi connectivity index (χ1n) is 12.1. The number of hydrogen-bond acceptors (Lipinski definition) is 4. The third kappa shape index (κ3) is 4.11. The monoisotopic (exact) mass is 526 g/mol. The number of halogens is 5. The van der Waals surface area contributed by atoms with Gasteiger partial charge < -0.3 is 10.2 Å². The third-order valence-corrected chi connectivity index (χ3v) is 6.94. The molecule has 38 heavy (non-hydrogen) atoms. The molecule has 1 saturated heterocycles. The summed E-state index contributed by atoms with van der Waals surface area (Å²) in [6, 6.07) is 16.4. The van der Waals surface area contributed by atoms with Gasteiger partial charge in [-0.15, -0.1) is 0 Å². The average molecular weight is 527 g/mol. The first-order valence-corrected chi connectivity index (χ1v) is 12.1. The van der Waals surface area contributed by atoms with Crippen LogP contribution in [0.25, 0.3) is 33.2 Å². The zero-order chi connectivity index (χ0) is 26.6. The summed E-state index contributed by atoms with van der Waals surface area (Å²) in [6.45, 7) is -3.54. The molecule has 1 atom stereocenters. The zero-order valence-corrected chi connectivity index (χ0v) is 20.3. The van der Waals surface area contributed by atoms with Gasteiger partial charge in [-0.1, -0.05) is 24.3 Å². The number of fused-ring (bicyclic) bond motifs is 2. The summed E-state index contributed by atoms with van der Waals surface area (Å²) in [4.78, 5) is 5.45. The van der Waals surface area contributed by atoms with Crippen LogP contribution in [0.15, 0.2) is 66.7 Å². The van der Waals surface area contributed by atoms with Crippen LogP contribution < -0.4 is 10.2 Å². The molecule has 2 aromatic heterocycles. The summed E-state index contributed by atoms with van der Waals surface area (Å²) < 4.78 is 74.5. The summed E-state index contributed by atoms with van der Waals surface area (Å²) in [5, 5.41) is 8.19. The maximum atomic E-state index is 15.4. The Bertz CT molecular complexity index is 1640. The van der Waals surface area contributed by atoms with E-state index in [2.05, 4.69) is 15.4 Å². The fourth-order valence-corrected chi connectivity index (χ4v) is 5.13. The lowest BCUT2D eigenvalue weighted by atomic mass is 10.00. The van der Waals surface area contributed by atoms with Crippen LogP contribution in [-0.2, 0) is 7.05 Å². The van der Waals surface area contributed by atoms with Crippen LogP contribution in [0.1, 0.15) is 13.0 Å². The van der Waals surface area contributed by atoms with Crippen LogP contribution in [0.4, 0.5) is 33.6 Å². The van der Waals surface area contributed by atoms with Crippen molar-refractivity contribution in [3.05, 3.63) is 72.5 Å². The maximum Gasteiger partial charge on any atom is 0.321 e. The van der Waals surface area contributed by atoms with E-state index in [0.29, 0.717) is 32.5 Å². The highest BCUT2D eigenvalue weighted by atomic mass is 19.3. The van der Waals surface area contributed by atoms with Crippen molar-refractivity contribution in [3.63, 3.8) is 0 Å². The number of alkyl halides is 4. The van der Waals surface area contributed by atoms with Gasteiger partial charge in [0.05, 0.1) is 29.1 Å². The molecule has 3 aromatic carbocycles. The fourth-order valence-electron chi connectivity index (χ4n) is 5.13. The van der Waals surface area contributed by atoms with Gasteiger partial charge in [0.1, 0.15) is 11.5 Å². The average Bonchev–Trinajstić information content (AvgIpc) is 3.43. The van der Waals surface area contributed by atoms with Crippen molar-refractivity contribution >= 4 is 33.6 Å². The lowest BCUT2D eigenvalue weighted by Gasteiger charge is -2.39. The molecule has 0 aliphatic carbocycles. The molecule has 1 N–H and O–H groups in total. The molecule has 196 valence electrons. The maximum absolute atomic E-state index is 15.4. The molecule has 0 amide bonds. The van der Waals surface area contributed by atoms with Gasteiger partial charge >= 0.3 is 6.55 Å². The van der Waals surface area contributed by atoms with Crippen molar-refractivity contribution in [3.8, 4) is 11.3 Å². The molecule has 1 fully saturated rings. The molecule has 1 aliphatic rings. The highest BCUT2D eigenvalue weighted by molar-refractivity contribution is 5.95. The van der Waals surface area contributed by atoms with Crippen LogP contribution in [0.3, 0.4) is 0 Å². The second-order valence-electron chi connectivity index (χ2n) is 9.43. The van der Waals surface area contributed by atoms with Gasteiger partial charge in [-0.2, -0.15) is 13.9 Å². The number of imidazole rings is 1. The van der Waals surface area contributed by atoms with Gasteiger partial charge in [-0.3, -0.25) is 9.25 Å². The molecule has 0 saturated carbocycles. The van der Waals surface area contributed by atoms with E-state index in [9.17, 15) is 13.2 Å². The number of para-hydroxylation sites is 2. The van der Waals surface area contributed by atoms with Gasteiger partial charge in [0.2, 0.25) is 5.95 Å². The summed E-state index contributed by atoms with van der Waals surface area (Å²) in [7, 11) is 1.73. The number of nitrogens with zero attached hydrogens (tertiary/aromatic N) is 5. The van der Waals surface area contributed by atoms with Crippen LogP contribution >= 0.6 is 0 Å². The molecule has 0 spiro atoms. The Balaban J connectivity index is 1.25. The number of rotatable bonds is 5. The molecule has 5 aromatic rings. The number of benzene rings is 3. The molecule has 11 heteroatoms. The largest absolute Gasteiger partial charge is 0.376 e. The first kappa shape index (κ1) is 24.2. The normalized spacial score (nSPS) is 17.6. The molecule has 1 unspecified atom stereocenters. The molecular formula is C27H23F5N6. The van der Waals surface area contributed by atoms with Crippen LogP contribution in [0, 0.1) is 5.82 Å². The van der Waals surface area contributed by atoms with Gasteiger partial charge in [-0.25, -0.2) is 18.2 Å². The van der Waals surface area contributed by atoms with E-state index in [1.807, 2.05) is 0 Å². The number of anilines is 2. The van der Waals surface area contributed by atoms with Crippen molar-refractivity contribution in [2.75, 3.05) is 23.3 Å². The quantitative estimate of drug-likeness (QED) is 0.268. The van der Waals surface area contributed by atoms with Crippen molar-refractivity contribution in [2.45, 2.75) is 24.9 Å². The molecule has 6 rings (SSSR count). The second kappa shape index (κ2) is 9.00. The van der Waals surface area contributed by atoms with Crippen LogP contribution in [0.2, 0.25) is 0 Å². The predicted molar refractivity (Wildman–Crippen MR) is 136 cm³/mol. The molecule has 1 aliphatic heterocycles. The van der Waals surface area contributed by atoms with E-state index in [-0.39, 0.29) is 30.2 Å². The van der Waals surface area contributed by atoms with Crippen molar-refractivity contribution < 1.29 is 22.0 Å². The Morgan fingerprint density at radius 2 is 1.82 bits per heavy atom. The topological polar surface area (TPSA) is 50.9 Å². The molecule has 6 nitrogen and oxygen atoms in total. The minimum atomic E-state index is -3.22. The number of piperidine rings is 1. The predicted octanol–water partition coefficient (Wildman–Crippen LogP) is 6.45. The Hall–Kier alpha value is -4.15. The van der Waals surface area contributed by atoms with Gasteiger partial charge in [-0.05, 0) is 48.9 Å². The SMILES string of the molecule is Cn1nc(-c2cccc(F)c2)c2ccc(NC3CCN(c4nc5ccccc5n4C(F)F)CC3(F)F)cc21. The lowest BCUT2D eigenvalue weighted by molar-refractivity contribution is -0.0244. The molecular weight excluding hydrogens is 503 g/mol. The number of aromatic nitrogens is 4. The summed E-state index contributed by atoms with van der Waals surface area (Å²) in [5.74, 6) is -3.77. The summed E-state index contributed by atoms with van der Waals surface area (Å²) >= 11 is 0. The van der Waals surface area contributed by atoms with E-state index in [4.69, 9.17) is 0 Å². The van der Waals surface area contributed by atoms with Gasteiger partial charge in [0.25, 0.3) is 5.92 Å². The highest BCUT2D eigenvalue weighted by Gasteiger charge is 2.46. The van der Waals surface area contributed by atoms with Crippen LogP contribution in [0.5, 0.6) is 0 Å². The number of nitrogens with one attached hydrogen (secondary N) is 1. The Labute approximate surface area is 214 Å². The third-order valence-electron chi connectivity index (χ3n) is 6.94. The van der Waals surface area contributed by atoms with E-state index >= 15 is 8.78 Å². The Kier molecular flexibility index (Phi) is 5.73. The van der Waals surface area contributed by atoms with E-state index in [1.165, 1.54) is 23.1 Å². The molecule has 3 heterocycles. The summed E-state index contributed by atoms with van der Waals surface area (Å²) in [6.07, 6.45) is 0.0113. The lowest BCUT2D eigenvalue weighted by Crippen LogP contribution is -2.55. The molecule has 0 bridgehead atoms. The minimum absolute atomic E-state index is 0.0113. The number of hydrogen-bond donors (Lipinski definition) is 1.